The zero-order valence-electron chi connectivity index (χ0n) is 47.1. The molecule has 0 spiro atoms. The molecule has 2 unspecified atom stereocenters. The van der Waals surface area contributed by atoms with Gasteiger partial charge in [0.1, 0.15) is 0 Å². The Morgan fingerprint density at radius 3 is 0.884 bits per heavy atom. The second kappa shape index (κ2) is 60.9. The maximum atomic E-state index is 12.5. The van der Waals surface area contributed by atoms with Gasteiger partial charge in [-0.15, -0.1) is 0 Å². The van der Waals surface area contributed by atoms with Gasteiger partial charge in [-0.1, -0.05) is 333 Å². The molecule has 0 bridgehead atoms. The van der Waals surface area contributed by atoms with Gasteiger partial charge in [0.25, 0.3) is 0 Å². The number of aliphatic hydroxyl groups excluding tert-OH is 2. The summed E-state index contributed by atoms with van der Waals surface area (Å²) in [5, 5.41) is 23.3. The second-order valence-electron chi connectivity index (χ2n) is 21.8. The van der Waals surface area contributed by atoms with Crippen molar-refractivity contribution < 1.29 is 15.0 Å². The molecule has 1 amide bonds. The van der Waals surface area contributed by atoms with E-state index in [2.05, 4.69) is 55.6 Å². The van der Waals surface area contributed by atoms with Gasteiger partial charge >= 0.3 is 0 Å². The molecular weight excluding hydrogens is 843 g/mol. The standard InChI is InChI=1S/C65H125NO3/c1-3-5-7-9-11-13-15-17-19-21-22-23-24-25-26-27-28-29-30-31-32-33-34-35-36-37-38-39-40-41-42-43-44-45-47-49-51-53-55-57-59-61-65(69)66-63(62-67)64(68)60-58-56-54-52-50-48-46-20-18-16-14-12-10-8-6-4-2/h15,17,21-22,24-25,63-64,67-68H,3-14,16,18-20,23,26-62H2,1-2H3,(H,66,69)/b17-15-,22-21-,25-24-. The Labute approximate surface area is 433 Å². The largest absolute Gasteiger partial charge is 0.394 e. The van der Waals surface area contributed by atoms with Crippen molar-refractivity contribution in [3.8, 4) is 0 Å². The number of unbranched alkanes of at least 4 members (excludes halogenated alkanes) is 46. The third-order valence-corrected chi connectivity index (χ3v) is 14.9. The first-order valence-electron chi connectivity index (χ1n) is 31.7. The topological polar surface area (TPSA) is 69.6 Å². The van der Waals surface area contributed by atoms with Crippen molar-refractivity contribution in [3.63, 3.8) is 0 Å². The summed E-state index contributed by atoms with van der Waals surface area (Å²) in [6.07, 6.45) is 83.2. The molecule has 408 valence electrons. The Morgan fingerprint density at radius 1 is 0.348 bits per heavy atom. The molecule has 0 rings (SSSR count). The van der Waals surface area contributed by atoms with Crippen LogP contribution in [0.3, 0.4) is 0 Å². The van der Waals surface area contributed by atoms with Crippen molar-refractivity contribution in [3.05, 3.63) is 36.5 Å². The predicted molar refractivity (Wildman–Crippen MR) is 308 cm³/mol. The lowest BCUT2D eigenvalue weighted by molar-refractivity contribution is -0.123. The Hall–Kier alpha value is -1.39. The maximum absolute atomic E-state index is 12.5. The Kier molecular flexibility index (Phi) is 59.7. The third kappa shape index (κ3) is 57.4. The third-order valence-electron chi connectivity index (χ3n) is 14.9. The molecule has 69 heavy (non-hydrogen) atoms. The van der Waals surface area contributed by atoms with Crippen molar-refractivity contribution >= 4 is 5.91 Å². The molecule has 3 N–H and O–H groups in total. The summed E-state index contributed by atoms with van der Waals surface area (Å²) < 4.78 is 0. The first-order chi connectivity index (χ1) is 34.2. The highest BCUT2D eigenvalue weighted by Gasteiger charge is 2.20. The molecule has 0 saturated carbocycles. The molecule has 4 nitrogen and oxygen atoms in total. The van der Waals surface area contributed by atoms with Crippen LogP contribution in [0.2, 0.25) is 0 Å². The molecule has 0 saturated heterocycles. The van der Waals surface area contributed by atoms with Gasteiger partial charge in [-0.3, -0.25) is 4.79 Å². The van der Waals surface area contributed by atoms with Gasteiger partial charge < -0.3 is 15.5 Å². The lowest BCUT2D eigenvalue weighted by Gasteiger charge is -2.22. The zero-order chi connectivity index (χ0) is 49.9. The summed E-state index contributed by atoms with van der Waals surface area (Å²) in [4.78, 5) is 12.5. The highest BCUT2D eigenvalue weighted by Crippen LogP contribution is 2.18. The number of aliphatic hydroxyl groups is 2. The van der Waals surface area contributed by atoms with Crippen molar-refractivity contribution in [2.45, 2.75) is 366 Å². The summed E-state index contributed by atoms with van der Waals surface area (Å²) in [6.45, 7) is 4.38. The SMILES string of the molecule is CCCCCCC/C=C\C/C=C\C/C=C\CCCCCCCCCCCCCCCCCCCCCCCCCCCCC(=O)NC(CO)C(O)CCCCCCCCCCCCCCCCCC. The van der Waals surface area contributed by atoms with Crippen LogP contribution in [-0.2, 0) is 4.79 Å². The minimum Gasteiger partial charge on any atom is -0.394 e. The number of amides is 1. The van der Waals surface area contributed by atoms with Crippen LogP contribution in [0, 0.1) is 0 Å². The maximum Gasteiger partial charge on any atom is 0.220 e. The van der Waals surface area contributed by atoms with Crippen LogP contribution < -0.4 is 5.32 Å². The molecule has 0 aliphatic heterocycles. The van der Waals surface area contributed by atoms with Gasteiger partial charge in [0.05, 0.1) is 18.8 Å². The molecule has 0 aromatic rings. The van der Waals surface area contributed by atoms with Gasteiger partial charge in [0.2, 0.25) is 5.91 Å². The van der Waals surface area contributed by atoms with E-state index in [0.717, 1.165) is 38.5 Å². The number of carbonyl (C=O) groups is 1. The van der Waals surface area contributed by atoms with Crippen molar-refractivity contribution in [2.24, 2.45) is 0 Å². The molecule has 0 aliphatic carbocycles. The van der Waals surface area contributed by atoms with Crippen LogP contribution >= 0.6 is 0 Å². The average Bonchev–Trinajstić information content (AvgIpc) is 3.35. The quantitative estimate of drug-likeness (QED) is 0.0420. The summed E-state index contributed by atoms with van der Waals surface area (Å²) in [6, 6.07) is -0.534. The van der Waals surface area contributed by atoms with Crippen LogP contribution in [0.25, 0.3) is 0 Å². The van der Waals surface area contributed by atoms with E-state index in [0.29, 0.717) is 12.8 Å². The van der Waals surface area contributed by atoms with E-state index in [4.69, 9.17) is 0 Å². The van der Waals surface area contributed by atoms with Crippen LogP contribution in [0.15, 0.2) is 36.5 Å². The molecule has 0 fully saturated rings. The van der Waals surface area contributed by atoms with Gasteiger partial charge in [0.15, 0.2) is 0 Å². The smallest absolute Gasteiger partial charge is 0.220 e. The van der Waals surface area contributed by atoms with E-state index >= 15 is 0 Å². The second-order valence-corrected chi connectivity index (χ2v) is 21.8. The highest BCUT2D eigenvalue weighted by atomic mass is 16.3. The first kappa shape index (κ1) is 67.6. The predicted octanol–water partition coefficient (Wildman–Crippen LogP) is 21.2. The summed E-state index contributed by atoms with van der Waals surface area (Å²) in [5.74, 6) is -0.0242. The fourth-order valence-corrected chi connectivity index (χ4v) is 10.1. The Morgan fingerprint density at radius 2 is 0.594 bits per heavy atom. The van der Waals surface area contributed by atoms with E-state index in [1.54, 1.807) is 0 Å². The fourth-order valence-electron chi connectivity index (χ4n) is 10.1. The van der Waals surface area contributed by atoms with Crippen molar-refractivity contribution in [1.82, 2.24) is 5.32 Å². The molecule has 0 aliphatic rings. The average molecular weight is 969 g/mol. The molecular formula is C65H125NO3. The van der Waals surface area contributed by atoms with Gasteiger partial charge in [-0.25, -0.2) is 0 Å². The van der Waals surface area contributed by atoms with Gasteiger partial charge in [0, 0.05) is 6.42 Å². The highest BCUT2D eigenvalue weighted by molar-refractivity contribution is 5.76. The fraction of sp³-hybridized carbons (Fsp3) is 0.892. The normalized spacial score (nSPS) is 12.9. The van der Waals surface area contributed by atoms with E-state index < -0.39 is 12.1 Å². The van der Waals surface area contributed by atoms with Gasteiger partial charge in [-0.05, 0) is 51.4 Å². The Balaban J connectivity index is 3.36. The van der Waals surface area contributed by atoms with E-state index in [1.807, 2.05) is 0 Å². The molecule has 0 heterocycles. The van der Waals surface area contributed by atoms with E-state index in [-0.39, 0.29) is 12.5 Å². The number of hydrogen-bond acceptors (Lipinski definition) is 3. The molecule has 0 aromatic heterocycles. The number of nitrogens with one attached hydrogen (secondary N) is 1. The van der Waals surface area contributed by atoms with Crippen molar-refractivity contribution in [1.29, 1.82) is 0 Å². The lowest BCUT2D eigenvalue weighted by Crippen LogP contribution is -2.45. The summed E-state index contributed by atoms with van der Waals surface area (Å²) in [7, 11) is 0. The molecule has 0 radical (unpaired) electrons. The van der Waals surface area contributed by atoms with Crippen LogP contribution in [0.1, 0.15) is 354 Å². The summed E-state index contributed by atoms with van der Waals surface area (Å²) in [5.41, 5.74) is 0. The monoisotopic (exact) mass is 968 g/mol. The molecule has 2 atom stereocenters. The minimum absolute atomic E-state index is 0.0242. The number of hydrogen-bond donors (Lipinski definition) is 3. The number of carbonyl (C=O) groups excluding carboxylic acids is 1. The molecule has 0 aromatic carbocycles. The summed E-state index contributed by atoms with van der Waals surface area (Å²) >= 11 is 0. The van der Waals surface area contributed by atoms with Crippen LogP contribution in [-0.4, -0.2) is 34.9 Å². The first-order valence-corrected chi connectivity index (χ1v) is 31.7. The van der Waals surface area contributed by atoms with Crippen LogP contribution in [0.4, 0.5) is 0 Å². The number of rotatable bonds is 59. The van der Waals surface area contributed by atoms with E-state index in [1.165, 1.54) is 289 Å². The van der Waals surface area contributed by atoms with Crippen LogP contribution in [0.5, 0.6) is 0 Å². The zero-order valence-corrected chi connectivity index (χ0v) is 47.1. The van der Waals surface area contributed by atoms with E-state index in [9.17, 15) is 15.0 Å². The molecule has 4 heteroatoms. The minimum atomic E-state index is -0.657. The van der Waals surface area contributed by atoms with Gasteiger partial charge in [-0.2, -0.15) is 0 Å². The number of allylic oxidation sites excluding steroid dienone is 6. The Bertz CT molecular complexity index is 1050. The lowest BCUT2D eigenvalue weighted by atomic mass is 10.0. The van der Waals surface area contributed by atoms with Crippen molar-refractivity contribution in [2.75, 3.05) is 6.61 Å².